The lowest BCUT2D eigenvalue weighted by molar-refractivity contribution is -0.0531. The largest absolute Gasteiger partial charge is 0.385 e. The summed E-state index contributed by atoms with van der Waals surface area (Å²) in [6.45, 7) is 8.23. The second-order valence-corrected chi connectivity index (χ2v) is 5.56. The van der Waals surface area contributed by atoms with Crippen LogP contribution in [0.1, 0.15) is 33.3 Å². The van der Waals surface area contributed by atoms with E-state index < -0.39 is 5.60 Å². The first-order chi connectivity index (χ1) is 6.89. The summed E-state index contributed by atoms with van der Waals surface area (Å²) in [4.78, 5) is 0. The molecule has 0 saturated carbocycles. The van der Waals surface area contributed by atoms with Gasteiger partial charge in [0.1, 0.15) is 0 Å². The first-order valence-corrected chi connectivity index (χ1v) is 6.16. The lowest BCUT2D eigenvalue weighted by atomic mass is 9.75. The summed E-state index contributed by atoms with van der Waals surface area (Å²) in [5.41, 5.74) is 0.242. The monoisotopic (exact) mass is 270 g/mol. The minimum atomic E-state index is -0.746. The Morgan fingerprint density at radius 3 is 2.07 bits per heavy atom. The van der Waals surface area contributed by atoms with Crippen LogP contribution in [0.4, 0.5) is 0 Å². The van der Waals surface area contributed by atoms with Crippen LogP contribution < -0.4 is 0 Å². The second-order valence-electron chi connectivity index (χ2n) is 4.65. The predicted molar refractivity (Wildman–Crippen MR) is 67.7 cm³/mol. The predicted octanol–water partition coefficient (Wildman–Crippen LogP) is 3.95. The van der Waals surface area contributed by atoms with Crippen LogP contribution in [0.15, 0.2) is 28.7 Å². The Balaban J connectivity index is 3.21. The molecule has 0 heterocycles. The van der Waals surface area contributed by atoms with E-state index in [1.54, 1.807) is 0 Å². The zero-order chi connectivity index (χ0) is 11.6. The van der Waals surface area contributed by atoms with Crippen molar-refractivity contribution in [2.24, 2.45) is 11.8 Å². The van der Waals surface area contributed by atoms with Crippen molar-refractivity contribution in [2.45, 2.75) is 33.3 Å². The van der Waals surface area contributed by atoms with Crippen molar-refractivity contribution in [1.29, 1.82) is 0 Å². The average Bonchev–Trinajstić information content (AvgIpc) is 2.15. The molecule has 1 rings (SSSR count). The van der Waals surface area contributed by atoms with Crippen LogP contribution in [0.5, 0.6) is 0 Å². The summed E-state index contributed by atoms with van der Waals surface area (Å²) in [7, 11) is 0. The molecule has 15 heavy (non-hydrogen) atoms. The fraction of sp³-hybridized carbons (Fsp3) is 0.538. The highest BCUT2D eigenvalue weighted by atomic mass is 79.9. The molecule has 0 saturated heterocycles. The molecule has 1 N–H and O–H groups in total. The van der Waals surface area contributed by atoms with Crippen LogP contribution in [0, 0.1) is 11.8 Å². The Hall–Kier alpha value is -0.340. The molecular weight excluding hydrogens is 252 g/mol. The number of aliphatic hydroxyl groups is 1. The molecule has 0 aliphatic heterocycles. The maximum absolute atomic E-state index is 10.7. The highest BCUT2D eigenvalue weighted by Crippen LogP contribution is 2.37. The molecule has 0 spiro atoms. The molecule has 0 amide bonds. The van der Waals surface area contributed by atoms with Gasteiger partial charge in [0.15, 0.2) is 0 Å². The van der Waals surface area contributed by atoms with Crippen molar-refractivity contribution < 1.29 is 5.11 Å². The molecule has 0 radical (unpaired) electrons. The molecule has 0 aromatic heterocycles. The topological polar surface area (TPSA) is 20.2 Å². The molecule has 84 valence electrons. The van der Waals surface area contributed by atoms with Crippen molar-refractivity contribution in [3.63, 3.8) is 0 Å². The number of halogens is 1. The second kappa shape index (κ2) is 4.67. The van der Waals surface area contributed by atoms with E-state index in [0.29, 0.717) is 0 Å². The lowest BCUT2D eigenvalue weighted by Crippen LogP contribution is -2.37. The van der Waals surface area contributed by atoms with Gasteiger partial charge in [0.25, 0.3) is 0 Å². The lowest BCUT2D eigenvalue weighted by Gasteiger charge is -2.36. The summed E-state index contributed by atoms with van der Waals surface area (Å²) in [5, 5.41) is 10.7. The van der Waals surface area contributed by atoms with Gasteiger partial charge >= 0.3 is 0 Å². The number of benzene rings is 1. The first-order valence-electron chi connectivity index (χ1n) is 5.37. The molecular formula is C13H19BrO. The molecule has 1 aromatic carbocycles. The molecule has 0 bridgehead atoms. The Labute approximate surface area is 101 Å². The van der Waals surface area contributed by atoms with Crippen molar-refractivity contribution in [3.05, 3.63) is 34.3 Å². The molecule has 0 fully saturated rings. The highest BCUT2D eigenvalue weighted by molar-refractivity contribution is 9.10. The van der Waals surface area contributed by atoms with Gasteiger partial charge in [0, 0.05) is 4.47 Å². The van der Waals surface area contributed by atoms with Crippen LogP contribution in [0.25, 0.3) is 0 Å². The Kier molecular flexibility index (Phi) is 3.96. The maximum atomic E-state index is 10.7. The van der Waals surface area contributed by atoms with E-state index in [2.05, 4.69) is 43.6 Å². The van der Waals surface area contributed by atoms with E-state index in [-0.39, 0.29) is 11.8 Å². The summed E-state index contributed by atoms with van der Waals surface area (Å²) in [6.07, 6.45) is 0. The summed E-state index contributed by atoms with van der Waals surface area (Å²) < 4.78 is 1.01. The minimum Gasteiger partial charge on any atom is -0.385 e. The van der Waals surface area contributed by atoms with E-state index in [1.807, 2.05) is 24.3 Å². The quantitative estimate of drug-likeness (QED) is 0.882. The zero-order valence-electron chi connectivity index (χ0n) is 9.79. The fourth-order valence-corrected chi connectivity index (χ4v) is 2.47. The van der Waals surface area contributed by atoms with Crippen LogP contribution >= 0.6 is 15.9 Å². The normalized spacial score (nSPS) is 12.5. The van der Waals surface area contributed by atoms with Gasteiger partial charge < -0.3 is 5.11 Å². The van der Waals surface area contributed by atoms with Gasteiger partial charge in [-0.3, -0.25) is 0 Å². The van der Waals surface area contributed by atoms with E-state index in [1.165, 1.54) is 0 Å². The Bertz CT molecular complexity index is 323. The van der Waals surface area contributed by atoms with Crippen molar-refractivity contribution in [3.8, 4) is 0 Å². The summed E-state index contributed by atoms with van der Waals surface area (Å²) in [6, 6.07) is 7.94. The van der Waals surface area contributed by atoms with Gasteiger partial charge in [0.05, 0.1) is 5.60 Å². The fourth-order valence-electron chi connectivity index (χ4n) is 2.07. The number of rotatable bonds is 3. The van der Waals surface area contributed by atoms with Gasteiger partial charge in [-0.1, -0.05) is 55.8 Å². The van der Waals surface area contributed by atoms with Gasteiger partial charge in [0.2, 0.25) is 0 Å². The van der Waals surface area contributed by atoms with Crippen molar-refractivity contribution >= 4 is 15.9 Å². The SMILES string of the molecule is CC(C)C(O)(c1cccc(Br)c1)C(C)C. The van der Waals surface area contributed by atoms with Gasteiger partial charge in [-0.2, -0.15) is 0 Å². The third-order valence-corrected chi connectivity index (χ3v) is 3.54. The molecule has 2 heteroatoms. The standard InChI is InChI=1S/C13H19BrO/c1-9(2)13(15,10(3)4)11-6-5-7-12(14)8-11/h5-10,15H,1-4H3. The van der Waals surface area contributed by atoms with Crippen molar-refractivity contribution in [2.75, 3.05) is 0 Å². The van der Waals surface area contributed by atoms with Gasteiger partial charge in [-0.25, -0.2) is 0 Å². The first kappa shape index (κ1) is 12.7. The average molecular weight is 271 g/mol. The maximum Gasteiger partial charge on any atom is 0.0942 e. The zero-order valence-corrected chi connectivity index (χ0v) is 11.4. The van der Waals surface area contributed by atoms with E-state index in [0.717, 1.165) is 10.0 Å². The van der Waals surface area contributed by atoms with Gasteiger partial charge in [-0.15, -0.1) is 0 Å². The van der Waals surface area contributed by atoms with E-state index in [4.69, 9.17) is 0 Å². The van der Waals surface area contributed by atoms with Crippen LogP contribution in [-0.2, 0) is 5.60 Å². The van der Waals surface area contributed by atoms with Crippen LogP contribution in [0.2, 0.25) is 0 Å². The Morgan fingerprint density at radius 2 is 1.67 bits per heavy atom. The third kappa shape index (κ3) is 2.43. The minimum absolute atomic E-state index is 0.201. The molecule has 1 aromatic rings. The third-order valence-electron chi connectivity index (χ3n) is 3.05. The van der Waals surface area contributed by atoms with E-state index in [9.17, 15) is 5.11 Å². The smallest absolute Gasteiger partial charge is 0.0942 e. The van der Waals surface area contributed by atoms with Crippen LogP contribution in [-0.4, -0.2) is 5.11 Å². The molecule has 0 aliphatic rings. The number of hydrogen-bond acceptors (Lipinski definition) is 1. The molecule has 0 unspecified atom stereocenters. The van der Waals surface area contributed by atoms with Crippen LogP contribution in [0.3, 0.4) is 0 Å². The van der Waals surface area contributed by atoms with Crippen molar-refractivity contribution in [1.82, 2.24) is 0 Å². The summed E-state index contributed by atoms with van der Waals surface area (Å²) in [5.74, 6) is 0.401. The van der Waals surface area contributed by atoms with Gasteiger partial charge in [-0.05, 0) is 29.5 Å². The Morgan fingerprint density at radius 1 is 1.13 bits per heavy atom. The summed E-state index contributed by atoms with van der Waals surface area (Å²) >= 11 is 3.44. The highest BCUT2D eigenvalue weighted by Gasteiger charge is 2.36. The molecule has 1 nitrogen and oxygen atoms in total. The van der Waals surface area contributed by atoms with E-state index >= 15 is 0 Å². The molecule has 0 aliphatic carbocycles. The number of hydrogen-bond donors (Lipinski definition) is 1. The molecule has 0 atom stereocenters.